The highest BCUT2D eigenvalue weighted by Crippen LogP contribution is 2.47. The first-order valence-corrected chi connectivity index (χ1v) is 3.85. The second-order valence-corrected chi connectivity index (χ2v) is 3.55. The van der Waals surface area contributed by atoms with Crippen molar-refractivity contribution < 1.29 is 17.9 Å². The topological polar surface area (TPSA) is 12.5 Å². The third kappa shape index (κ3) is 0.835. The largest absolute Gasteiger partial charge is 0.409 e. The average molecular weight is 181 g/mol. The second kappa shape index (κ2) is 2.14. The molecule has 70 valence electrons. The van der Waals surface area contributed by atoms with Crippen LogP contribution in [0.15, 0.2) is 0 Å². The van der Waals surface area contributed by atoms with Crippen LogP contribution in [0.1, 0.15) is 6.42 Å². The van der Waals surface area contributed by atoms with Crippen LogP contribution in [-0.4, -0.2) is 42.9 Å². The zero-order valence-electron chi connectivity index (χ0n) is 6.69. The molecule has 2 aliphatic rings. The first kappa shape index (κ1) is 8.31. The number of ether oxygens (including phenoxy) is 1. The van der Waals surface area contributed by atoms with E-state index >= 15 is 0 Å². The van der Waals surface area contributed by atoms with Crippen molar-refractivity contribution in [3.63, 3.8) is 0 Å². The van der Waals surface area contributed by atoms with E-state index in [1.165, 1.54) is 11.9 Å². The van der Waals surface area contributed by atoms with E-state index in [1.54, 1.807) is 0 Å². The standard InChI is InChI=1S/C7H10F3NO/c1-11-3-5-2-6(11,4-12-5)7(8,9)10/h5H,2-4H2,1H3. The Bertz CT molecular complexity index is 205. The number of hydrogen-bond donors (Lipinski definition) is 0. The molecule has 5 heteroatoms. The summed E-state index contributed by atoms with van der Waals surface area (Å²) in [6, 6.07) is 0. The molecule has 2 fully saturated rings. The molecule has 0 N–H and O–H groups in total. The maximum absolute atomic E-state index is 12.6. The van der Waals surface area contributed by atoms with Crippen LogP contribution in [-0.2, 0) is 4.74 Å². The molecule has 2 saturated heterocycles. The van der Waals surface area contributed by atoms with Crippen molar-refractivity contribution in [2.75, 3.05) is 20.2 Å². The minimum absolute atomic E-state index is 0.104. The van der Waals surface area contributed by atoms with Gasteiger partial charge in [0.15, 0.2) is 0 Å². The van der Waals surface area contributed by atoms with E-state index in [0.29, 0.717) is 6.54 Å². The summed E-state index contributed by atoms with van der Waals surface area (Å²) >= 11 is 0. The molecule has 0 aromatic rings. The smallest absolute Gasteiger partial charge is 0.375 e. The maximum Gasteiger partial charge on any atom is 0.409 e. The van der Waals surface area contributed by atoms with Crippen molar-refractivity contribution in [3.8, 4) is 0 Å². The van der Waals surface area contributed by atoms with Gasteiger partial charge in [0.25, 0.3) is 0 Å². The molecule has 0 aromatic heterocycles. The van der Waals surface area contributed by atoms with Crippen LogP contribution in [0.3, 0.4) is 0 Å². The number of likely N-dealkylation sites (tertiary alicyclic amines) is 1. The molecule has 0 saturated carbocycles. The molecule has 2 atom stereocenters. The summed E-state index contributed by atoms with van der Waals surface area (Å²) in [5.74, 6) is 0. The molecule has 2 unspecified atom stereocenters. The molecule has 2 heterocycles. The number of hydrogen-bond acceptors (Lipinski definition) is 2. The lowest BCUT2D eigenvalue weighted by atomic mass is 9.99. The van der Waals surface area contributed by atoms with Crippen LogP contribution < -0.4 is 0 Å². The SMILES string of the molecule is CN1CC2CC1(C(F)(F)F)CO2. The summed E-state index contributed by atoms with van der Waals surface area (Å²) in [6.45, 7) is 0.206. The van der Waals surface area contributed by atoms with E-state index in [0.717, 1.165) is 0 Å². The number of alkyl halides is 3. The van der Waals surface area contributed by atoms with E-state index < -0.39 is 11.7 Å². The Balaban J connectivity index is 2.30. The average Bonchev–Trinajstić information content (AvgIpc) is 2.41. The molecule has 0 spiro atoms. The fourth-order valence-electron chi connectivity index (χ4n) is 2.03. The third-order valence-corrected chi connectivity index (χ3v) is 2.86. The molecular formula is C7H10F3NO. The summed E-state index contributed by atoms with van der Waals surface area (Å²) in [5.41, 5.74) is -1.68. The van der Waals surface area contributed by atoms with Gasteiger partial charge in [0.1, 0.15) is 5.54 Å². The predicted molar refractivity (Wildman–Crippen MR) is 35.8 cm³/mol. The van der Waals surface area contributed by atoms with Gasteiger partial charge in [0.2, 0.25) is 0 Å². The Morgan fingerprint density at radius 1 is 1.50 bits per heavy atom. The van der Waals surface area contributed by atoms with Gasteiger partial charge in [0.05, 0.1) is 12.7 Å². The fraction of sp³-hybridized carbons (Fsp3) is 1.00. The van der Waals surface area contributed by atoms with Crippen molar-refractivity contribution in [2.45, 2.75) is 24.2 Å². The van der Waals surface area contributed by atoms with Gasteiger partial charge in [-0.2, -0.15) is 13.2 Å². The number of nitrogens with zero attached hydrogens (tertiary/aromatic N) is 1. The van der Waals surface area contributed by atoms with Gasteiger partial charge in [-0.25, -0.2) is 0 Å². The fourth-order valence-corrected chi connectivity index (χ4v) is 2.03. The molecular weight excluding hydrogens is 171 g/mol. The molecule has 2 aliphatic heterocycles. The maximum atomic E-state index is 12.6. The Labute approximate surface area is 68.3 Å². The summed E-state index contributed by atoms with van der Waals surface area (Å²) in [4.78, 5) is 1.36. The highest BCUT2D eigenvalue weighted by molar-refractivity contribution is 5.08. The third-order valence-electron chi connectivity index (χ3n) is 2.86. The molecule has 0 radical (unpaired) electrons. The number of morpholine rings is 1. The van der Waals surface area contributed by atoms with E-state index in [9.17, 15) is 13.2 Å². The van der Waals surface area contributed by atoms with E-state index in [2.05, 4.69) is 0 Å². The van der Waals surface area contributed by atoms with Crippen LogP contribution in [0.2, 0.25) is 0 Å². The molecule has 0 amide bonds. The normalized spacial score (nSPS) is 42.5. The number of rotatable bonds is 0. The minimum Gasteiger partial charge on any atom is -0.375 e. The van der Waals surface area contributed by atoms with Crippen LogP contribution in [0.25, 0.3) is 0 Å². The van der Waals surface area contributed by atoms with Gasteiger partial charge in [-0.3, -0.25) is 4.90 Å². The number of halogens is 3. The molecule has 0 aromatic carbocycles. The molecule has 2 bridgehead atoms. The quantitative estimate of drug-likeness (QED) is 0.553. The van der Waals surface area contributed by atoms with Gasteiger partial charge in [-0.1, -0.05) is 0 Å². The number of fused-ring (bicyclic) bond motifs is 2. The van der Waals surface area contributed by atoms with Crippen LogP contribution >= 0.6 is 0 Å². The number of likely N-dealkylation sites (N-methyl/N-ethyl adjacent to an activating group) is 1. The molecule has 0 aliphatic carbocycles. The Kier molecular flexibility index (Phi) is 1.48. The van der Waals surface area contributed by atoms with Crippen molar-refractivity contribution >= 4 is 0 Å². The molecule has 2 rings (SSSR count). The highest BCUT2D eigenvalue weighted by Gasteiger charge is 2.65. The zero-order chi connectivity index (χ0) is 8.98. The monoisotopic (exact) mass is 181 g/mol. The minimum atomic E-state index is -4.16. The first-order valence-electron chi connectivity index (χ1n) is 3.85. The van der Waals surface area contributed by atoms with Gasteiger partial charge in [-0.15, -0.1) is 0 Å². The van der Waals surface area contributed by atoms with Crippen LogP contribution in [0, 0.1) is 0 Å². The molecule has 2 nitrogen and oxygen atoms in total. The summed E-state index contributed by atoms with van der Waals surface area (Å²) < 4.78 is 42.7. The predicted octanol–water partition coefficient (Wildman–Crippen LogP) is 1.02. The van der Waals surface area contributed by atoms with Crippen molar-refractivity contribution in [3.05, 3.63) is 0 Å². The zero-order valence-corrected chi connectivity index (χ0v) is 6.69. The van der Waals surface area contributed by atoms with Gasteiger partial charge in [0, 0.05) is 13.0 Å². The second-order valence-electron chi connectivity index (χ2n) is 3.55. The Morgan fingerprint density at radius 2 is 2.17 bits per heavy atom. The lowest BCUT2D eigenvalue weighted by Gasteiger charge is -2.36. The lowest BCUT2D eigenvalue weighted by molar-refractivity contribution is -0.228. The van der Waals surface area contributed by atoms with Gasteiger partial charge < -0.3 is 4.74 Å². The Morgan fingerprint density at radius 3 is 2.42 bits per heavy atom. The highest BCUT2D eigenvalue weighted by atomic mass is 19.4. The van der Waals surface area contributed by atoms with E-state index in [4.69, 9.17) is 4.74 Å². The first-order chi connectivity index (χ1) is 5.46. The van der Waals surface area contributed by atoms with Crippen LogP contribution in [0.4, 0.5) is 13.2 Å². The lowest BCUT2D eigenvalue weighted by Crippen LogP contribution is -2.56. The van der Waals surface area contributed by atoms with Crippen LogP contribution in [0.5, 0.6) is 0 Å². The molecule has 12 heavy (non-hydrogen) atoms. The van der Waals surface area contributed by atoms with Crippen molar-refractivity contribution in [2.24, 2.45) is 0 Å². The van der Waals surface area contributed by atoms with Gasteiger partial charge in [-0.05, 0) is 7.05 Å². The van der Waals surface area contributed by atoms with Crippen molar-refractivity contribution in [1.82, 2.24) is 4.90 Å². The summed E-state index contributed by atoms with van der Waals surface area (Å²) in [5, 5.41) is 0. The van der Waals surface area contributed by atoms with E-state index in [1.807, 2.05) is 0 Å². The summed E-state index contributed by atoms with van der Waals surface area (Å²) in [6.07, 6.45) is -4.27. The Hall–Kier alpha value is -0.290. The van der Waals surface area contributed by atoms with E-state index in [-0.39, 0.29) is 19.1 Å². The van der Waals surface area contributed by atoms with Gasteiger partial charge >= 0.3 is 6.18 Å². The van der Waals surface area contributed by atoms with Crippen molar-refractivity contribution in [1.29, 1.82) is 0 Å². The summed E-state index contributed by atoms with van der Waals surface area (Å²) in [7, 11) is 1.51.